The number of nitrogens with two attached hydrogens (primary N) is 1. The second kappa shape index (κ2) is 2.13. The SMILES string of the molecule is Nc1cc2cc(Cl)cnc2[nH]1. The van der Waals surface area contributed by atoms with Crippen molar-refractivity contribution in [2.24, 2.45) is 0 Å². The molecule has 2 heterocycles. The minimum absolute atomic E-state index is 0.606. The molecule has 0 aliphatic carbocycles. The lowest BCUT2D eigenvalue weighted by atomic mass is 10.3. The third-order valence-electron chi connectivity index (χ3n) is 1.46. The summed E-state index contributed by atoms with van der Waals surface area (Å²) in [5.41, 5.74) is 6.27. The molecule has 0 saturated heterocycles. The van der Waals surface area contributed by atoms with Gasteiger partial charge in [-0.05, 0) is 12.1 Å². The molecule has 3 N–H and O–H groups in total. The lowest BCUT2D eigenvalue weighted by Crippen LogP contribution is -1.81. The molecule has 0 aliphatic rings. The average Bonchev–Trinajstić information content (AvgIpc) is 2.27. The van der Waals surface area contributed by atoms with Crippen LogP contribution in [0.15, 0.2) is 18.3 Å². The zero-order chi connectivity index (χ0) is 7.84. The highest BCUT2D eigenvalue weighted by Gasteiger charge is 1.98. The van der Waals surface area contributed by atoms with Crippen molar-refractivity contribution in [1.29, 1.82) is 0 Å². The molecule has 0 atom stereocenters. The van der Waals surface area contributed by atoms with Gasteiger partial charge in [-0.15, -0.1) is 0 Å². The number of rotatable bonds is 0. The maximum atomic E-state index is 5.71. The monoisotopic (exact) mass is 167 g/mol. The minimum Gasteiger partial charge on any atom is -0.385 e. The number of hydrogen-bond donors (Lipinski definition) is 2. The van der Waals surface area contributed by atoms with Gasteiger partial charge in [0.25, 0.3) is 0 Å². The Morgan fingerprint density at radius 3 is 3.09 bits per heavy atom. The number of H-pyrrole nitrogens is 1. The zero-order valence-corrected chi connectivity index (χ0v) is 6.39. The van der Waals surface area contributed by atoms with Crippen LogP contribution in [0.5, 0.6) is 0 Å². The van der Waals surface area contributed by atoms with Crippen molar-refractivity contribution in [3.05, 3.63) is 23.4 Å². The van der Waals surface area contributed by atoms with Gasteiger partial charge >= 0.3 is 0 Å². The molecule has 4 heteroatoms. The molecule has 0 spiro atoms. The first-order valence-corrected chi connectivity index (χ1v) is 3.53. The van der Waals surface area contributed by atoms with Crippen LogP contribution in [0.2, 0.25) is 5.02 Å². The lowest BCUT2D eigenvalue weighted by molar-refractivity contribution is 1.33. The smallest absolute Gasteiger partial charge is 0.138 e. The fourth-order valence-electron chi connectivity index (χ4n) is 1.01. The largest absolute Gasteiger partial charge is 0.385 e. The van der Waals surface area contributed by atoms with Crippen molar-refractivity contribution >= 4 is 28.5 Å². The van der Waals surface area contributed by atoms with Crippen molar-refractivity contribution in [3.63, 3.8) is 0 Å². The molecule has 56 valence electrons. The summed E-state index contributed by atoms with van der Waals surface area (Å²) >= 11 is 5.71. The molecule has 0 fully saturated rings. The number of halogens is 1. The van der Waals surface area contributed by atoms with E-state index in [0.717, 1.165) is 11.0 Å². The van der Waals surface area contributed by atoms with E-state index in [9.17, 15) is 0 Å². The summed E-state index contributed by atoms with van der Waals surface area (Å²) in [7, 11) is 0. The molecular weight excluding hydrogens is 162 g/mol. The van der Waals surface area contributed by atoms with Gasteiger partial charge in [0.05, 0.1) is 5.02 Å². The average molecular weight is 168 g/mol. The van der Waals surface area contributed by atoms with Crippen LogP contribution in [-0.4, -0.2) is 9.97 Å². The maximum absolute atomic E-state index is 5.71. The molecule has 0 aliphatic heterocycles. The van der Waals surface area contributed by atoms with E-state index in [1.165, 1.54) is 0 Å². The van der Waals surface area contributed by atoms with Gasteiger partial charge in [-0.2, -0.15) is 0 Å². The van der Waals surface area contributed by atoms with Crippen molar-refractivity contribution in [3.8, 4) is 0 Å². The number of nitrogen functional groups attached to an aromatic ring is 1. The summed E-state index contributed by atoms with van der Waals surface area (Å²) in [6, 6.07) is 3.62. The van der Waals surface area contributed by atoms with Gasteiger partial charge in [-0.25, -0.2) is 4.98 Å². The van der Waals surface area contributed by atoms with Crippen LogP contribution in [0.3, 0.4) is 0 Å². The Hall–Kier alpha value is -1.22. The highest BCUT2D eigenvalue weighted by molar-refractivity contribution is 6.31. The van der Waals surface area contributed by atoms with E-state index >= 15 is 0 Å². The summed E-state index contributed by atoms with van der Waals surface area (Å²) in [4.78, 5) is 6.93. The predicted molar refractivity (Wildman–Crippen MR) is 45.5 cm³/mol. The molecule has 3 nitrogen and oxygen atoms in total. The Morgan fingerprint density at radius 2 is 2.27 bits per heavy atom. The van der Waals surface area contributed by atoms with Crippen molar-refractivity contribution < 1.29 is 0 Å². The Kier molecular flexibility index (Phi) is 1.26. The number of nitrogens with zero attached hydrogens (tertiary/aromatic N) is 1. The molecule has 2 aromatic heterocycles. The summed E-state index contributed by atoms with van der Waals surface area (Å²) in [6.45, 7) is 0. The quantitative estimate of drug-likeness (QED) is 0.629. The van der Waals surface area contributed by atoms with E-state index in [0.29, 0.717) is 10.8 Å². The lowest BCUT2D eigenvalue weighted by Gasteiger charge is -1.87. The predicted octanol–water partition coefficient (Wildman–Crippen LogP) is 1.80. The van der Waals surface area contributed by atoms with E-state index in [1.807, 2.05) is 6.07 Å². The van der Waals surface area contributed by atoms with Crippen LogP contribution >= 0.6 is 11.6 Å². The number of hydrogen-bond acceptors (Lipinski definition) is 2. The van der Waals surface area contributed by atoms with Crippen molar-refractivity contribution in [2.45, 2.75) is 0 Å². The number of nitrogens with one attached hydrogen (secondary N) is 1. The Labute approximate surface area is 68.2 Å². The Morgan fingerprint density at radius 1 is 1.45 bits per heavy atom. The first kappa shape index (κ1) is 6.49. The summed E-state index contributed by atoms with van der Waals surface area (Å²) < 4.78 is 0. The van der Waals surface area contributed by atoms with Crippen LogP contribution in [0.25, 0.3) is 11.0 Å². The zero-order valence-electron chi connectivity index (χ0n) is 5.63. The minimum atomic E-state index is 0.606. The molecule has 11 heavy (non-hydrogen) atoms. The number of aromatic nitrogens is 2. The number of aromatic amines is 1. The third-order valence-corrected chi connectivity index (χ3v) is 1.66. The van der Waals surface area contributed by atoms with E-state index in [-0.39, 0.29) is 0 Å². The van der Waals surface area contributed by atoms with Crippen LogP contribution in [0, 0.1) is 0 Å². The molecular formula is C7H6ClN3. The van der Waals surface area contributed by atoms with E-state index in [4.69, 9.17) is 17.3 Å². The molecule has 0 radical (unpaired) electrons. The number of pyridine rings is 1. The second-order valence-corrected chi connectivity index (χ2v) is 2.75. The van der Waals surface area contributed by atoms with Gasteiger partial charge in [-0.3, -0.25) is 0 Å². The number of fused-ring (bicyclic) bond motifs is 1. The second-order valence-electron chi connectivity index (χ2n) is 2.32. The van der Waals surface area contributed by atoms with E-state index in [2.05, 4.69) is 9.97 Å². The molecule has 0 unspecified atom stereocenters. The normalized spacial score (nSPS) is 10.6. The summed E-state index contributed by atoms with van der Waals surface area (Å²) in [5, 5.41) is 1.56. The van der Waals surface area contributed by atoms with Crippen LogP contribution in [0.1, 0.15) is 0 Å². The van der Waals surface area contributed by atoms with Gasteiger partial charge in [0.1, 0.15) is 11.5 Å². The number of anilines is 1. The molecule has 0 saturated carbocycles. The first-order chi connectivity index (χ1) is 5.25. The fraction of sp³-hybridized carbons (Fsp3) is 0. The molecule has 0 amide bonds. The summed E-state index contributed by atoms with van der Waals surface area (Å²) in [5.74, 6) is 0.606. The van der Waals surface area contributed by atoms with E-state index in [1.54, 1.807) is 12.3 Å². The molecule has 2 rings (SSSR count). The van der Waals surface area contributed by atoms with Crippen LogP contribution in [-0.2, 0) is 0 Å². The maximum Gasteiger partial charge on any atom is 0.138 e. The fourth-order valence-corrected chi connectivity index (χ4v) is 1.18. The van der Waals surface area contributed by atoms with Gasteiger partial charge in [-0.1, -0.05) is 11.6 Å². The Bertz CT molecular complexity index is 393. The highest BCUT2D eigenvalue weighted by atomic mass is 35.5. The van der Waals surface area contributed by atoms with Gasteiger partial charge < -0.3 is 10.7 Å². The standard InChI is InChI=1S/C7H6ClN3/c8-5-1-4-2-6(9)11-7(4)10-3-5/h1-3H,9H2,(H,10,11). The van der Waals surface area contributed by atoms with Crippen LogP contribution < -0.4 is 5.73 Å². The topological polar surface area (TPSA) is 54.7 Å². The van der Waals surface area contributed by atoms with Gasteiger partial charge in [0.2, 0.25) is 0 Å². The molecule has 0 aromatic carbocycles. The molecule has 0 bridgehead atoms. The van der Waals surface area contributed by atoms with Gasteiger partial charge in [0, 0.05) is 11.6 Å². The van der Waals surface area contributed by atoms with E-state index < -0.39 is 0 Å². The summed E-state index contributed by atoms with van der Waals surface area (Å²) in [6.07, 6.45) is 1.58. The van der Waals surface area contributed by atoms with Gasteiger partial charge in [0.15, 0.2) is 0 Å². The van der Waals surface area contributed by atoms with Crippen molar-refractivity contribution in [1.82, 2.24) is 9.97 Å². The Balaban J connectivity index is 2.82. The third kappa shape index (κ3) is 1.03. The van der Waals surface area contributed by atoms with Crippen molar-refractivity contribution in [2.75, 3.05) is 5.73 Å². The molecule has 2 aromatic rings. The first-order valence-electron chi connectivity index (χ1n) is 3.15. The highest BCUT2D eigenvalue weighted by Crippen LogP contribution is 2.17. The van der Waals surface area contributed by atoms with Crippen LogP contribution in [0.4, 0.5) is 5.82 Å².